The van der Waals surface area contributed by atoms with Crippen LogP contribution in [-0.4, -0.2) is 46.8 Å². The highest BCUT2D eigenvalue weighted by molar-refractivity contribution is 6.83. The number of fused-ring (bicyclic) bond motifs is 1. The molecule has 1 atom stereocenters. The fourth-order valence-electron chi connectivity index (χ4n) is 4.98. The third-order valence-corrected chi connectivity index (χ3v) is 11.1. The van der Waals surface area contributed by atoms with E-state index in [9.17, 15) is 14.7 Å². The number of benzene rings is 1. The van der Waals surface area contributed by atoms with Crippen LogP contribution in [0.25, 0.3) is 0 Å². The first-order valence-corrected chi connectivity index (χ1v) is 15.1. The number of urea groups is 1. The average molecular weight is 470 g/mol. The van der Waals surface area contributed by atoms with Crippen molar-refractivity contribution in [3.05, 3.63) is 47.2 Å². The minimum absolute atomic E-state index is 0.0266. The molecule has 3 amide bonds. The highest BCUT2D eigenvalue weighted by atomic mass is 28.3. The van der Waals surface area contributed by atoms with Gasteiger partial charge in [0.05, 0.1) is 31.9 Å². The number of H-pyrrole nitrogens is 1. The van der Waals surface area contributed by atoms with Gasteiger partial charge in [-0.05, 0) is 38.7 Å². The Kier molecular flexibility index (Phi) is 5.90. The molecule has 2 heterocycles. The number of hydrogen-bond donors (Lipinski definition) is 4. The fourth-order valence-corrected chi connectivity index (χ4v) is 7.35. The van der Waals surface area contributed by atoms with Gasteiger partial charge in [-0.3, -0.25) is 9.89 Å². The van der Waals surface area contributed by atoms with Gasteiger partial charge in [-0.15, -0.1) is 0 Å². The molecule has 4 rings (SSSR count). The van der Waals surface area contributed by atoms with Gasteiger partial charge in [0.1, 0.15) is 0 Å². The van der Waals surface area contributed by atoms with Gasteiger partial charge in [0.2, 0.25) is 5.91 Å². The van der Waals surface area contributed by atoms with E-state index in [0.717, 1.165) is 29.7 Å². The molecule has 2 aliphatic rings. The number of nitrogens with zero attached hydrogens (tertiary/aromatic N) is 2. The van der Waals surface area contributed by atoms with Gasteiger partial charge in [-0.2, -0.15) is 5.10 Å². The van der Waals surface area contributed by atoms with Crippen LogP contribution in [0.4, 0.5) is 10.6 Å². The van der Waals surface area contributed by atoms with Gasteiger partial charge in [-0.25, -0.2) is 4.79 Å². The van der Waals surface area contributed by atoms with Crippen molar-refractivity contribution in [1.29, 1.82) is 0 Å². The molecule has 178 valence electrons. The molecule has 0 radical (unpaired) electrons. The molecule has 1 aliphatic carbocycles. The molecule has 8 nitrogen and oxygen atoms in total. The summed E-state index contributed by atoms with van der Waals surface area (Å²) < 4.78 is 0. The molecule has 1 aliphatic heterocycles. The Bertz CT molecular complexity index is 1040. The van der Waals surface area contributed by atoms with Gasteiger partial charge < -0.3 is 20.6 Å². The van der Waals surface area contributed by atoms with Crippen molar-refractivity contribution in [2.24, 2.45) is 0 Å². The second-order valence-corrected chi connectivity index (χ2v) is 16.2. The van der Waals surface area contributed by atoms with Crippen LogP contribution in [0.2, 0.25) is 24.7 Å². The summed E-state index contributed by atoms with van der Waals surface area (Å²) in [5, 5.41) is 22.9. The number of aliphatic hydroxyl groups excluding tert-OH is 1. The molecule has 0 spiro atoms. The van der Waals surface area contributed by atoms with Crippen LogP contribution in [-0.2, 0) is 16.9 Å². The van der Waals surface area contributed by atoms with Crippen molar-refractivity contribution in [2.75, 3.05) is 11.9 Å². The monoisotopic (exact) mass is 469 g/mol. The Balaban J connectivity index is 1.52. The topological polar surface area (TPSA) is 110 Å². The van der Waals surface area contributed by atoms with Gasteiger partial charge in [0, 0.05) is 17.2 Å². The van der Waals surface area contributed by atoms with Crippen LogP contribution >= 0.6 is 0 Å². The Hall–Kier alpha value is -2.65. The van der Waals surface area contributed by atoms with Crippen LogP contribution in [0, 0.1) is 0 Å². The third kappa shape index (κ3) is 4.08. The molecule has 1 unspecified atom stereocenters. The normalized spacial score (nSPS) is 19.0. The minimum atomic E-state index is -1.66. The lowest BCUT2D eigenvalue weighted by Crippen LogP contribution is -2.47. The number of carbonyl (C=O) groups excluding carboxylic acids is 2. The summed E-state index contributed by atoms with van der Waals surface area (Å²) in [4.78, 5) is 28.2. The van der Waals surface area contributed by atoms with Crippen LogP contribution in [0.5, 0.6) is 0 Å². The lowest BCUT2D eigenvalue weighted by Gasteiger charge is -2.33. The summed E-state index contributed by atoms with van der Waals surface area (Å²) in [5.41, 5.74) is 2.02. The number of nitrogens with one attached hydrogen (secondary N) is 3. The molecular weight excluding hydrogens is 434 g/mol. The fraction of sp³-hybridized carbons (Fsp3) is 0.542. The van der Waals surface area contributed by atoms with Crippen molar-refractivity contribution < 1.29 is 14.7 Å². The van der Waals surface area contributed by atoms with Crippen LogP contribution in [0.15, 0.2) is 30.3 Å². The molecule has 33 heavy (non-hydrogen) atoms. The quantitative estimate of drug-likeness (QED) is 0.458. The SMILES string of the molecule is CC1(C)c2[nH]nc(NC(=O)C3([Si](C)(C)C)CC3)c2CN1C(=O)NC(CCO)c1ccccc1. The van der Waals surface area contributed by atoms with Crippen LogP contribution < -0.4 is 10.6 Å². The second kappa shape index (κ2) is 8.29. The molecule has 4 N–H and O–H groups in total. The molecule has 1 fully saturated rings. The van der Waals surface area contributed by atoms with E-state index < -0.39 is 13.6 Å². The zero-order chi connectivity index (χ0) is 24.0. The highest BCUT2D eigenvalue weighted by Crippen LogP contribution is 2.61. The summed E-state index contributed by atoms with van der Waals surface area (Å²) in [6.07, 6.45) is 2.30. The number of aromatic amines is 1. The van der Waals surface area contributed by atoms with Gasteiger partial charge in [0.15, 0.2) is 5.82 Å². The van der Waals surface area contributed by atoms with Crippen molar-refractivity contribution in [2.45, 2.75) is 75.9 Å². The van der Waals surface area contributed by atoms with E-state index in [2.05, 4.69) is 40.5 Å². The lowest BCUT2D eigenvalue weighted by molar-refractivity contribution is -0.117. The Morgan fingerprint density at radius 2 is 1.88 bits per heavy atom. The number of aliphatic hydroxyl groups is 1. The first-order chi connectivity index (χ1) is 15.5. The second-order valence-electron chi connectivity index (χ2n) is 10.8. The summed E-state index contributed by atoms with van der Waals surface area (Å²) in [6.45, 7) is 11.0. The van der Waals surface area contributed by atoms with E-state index in [1.165, 1.54) is 0 Å². The Morgan fingerprint density at radius 1 is 1.21 bits per heavy atom. The first-order valence-electron chi connectivity index (χ1n) is 11.6. The number of amides is 3. The van der Waals surface area contributed by atoms with Crippen molar-refractivity contribution in [1.82, 2.24) is 20.4 Å². The zero-order valence-electron chi connectivity index (χ0n) is 20.2. The summed E-state index contributed by atoms with van der Waals surface area (Å²) in [6, 6.07) is 9.15. The molecule has 2 aromatic rings. The predicted molar refractivity (Wildman–Crippen MR) is 130 cm³/mol. The zero-order valence-corrected chi connectivity index (χ0v) is 21.2. The van der Waals surface area contributed by atoms with Gasteiger partial charge >= 0.3 is 6.03 Å². The van der Waals surface area contributed by atoms with E-state index in [-0.39, 0.29) is 29.6 Å². The van der Waals surface area contributed by atoms with Gasteiger partial charge in [-0.1, -0.05) is 50.0 Å². The van der Waals surface area contributed by atoms with Crippen LogP contribution in [0.1, 0.15) is 56.0 Å². The maximum atomic E-state index is 13.3. The highest BCUT2D eigenvalue weighted by Gasteiger charge is 2.59. The number of anilines is 1. The molecule has 0 bridgehead atoms. The summed E-state index contributed by atoms with van der Waals surface area (Å²) in [7, 11) is -1.66. The number of hydrogen-bond acceptors (Lipinski definition) is 4. The molecule has 9 heteroatoms. The maximum absolute atomic E-state index is 13.3. The number of aromatic nitrogens is 2. The van der Waals surface area contributed by atoms with Crippen LogP contribution in [0.3, 0.4) is 0 Å². The maximum Gasteiger partial charge on any atom is 0.318 e. The first kappa shape index (κ1) is 23.5. The third-order valence-electron chi connectivity index (χ3n) is 7.48. The van der Waals surface area contributed by atoms with Crippen molar-refractivity contribution in [3.63, 3.8) is 0 Å². The van der Waals surface area contributed by atoms with E-state index in [1.54, 1.807) is 4.90 Å². The number of carbonyl (C=O) groups is 2. The number of rotatable bonds is 7. The average Bonchev–Trinajstić information content (AvgIpc) is 3.43. The van der Waals surface area contributed by atoms with Gasteiger partial charge in [0.25, 0.3) is 0 Å². The Morgan fingerprint density at radius 3 is 2.45 bits per heavy atom. The van der Waals surface area contributed by atoms with Crippen molar-refractivity contribution in [3.8, 4) is 0 Å². The Labute approximate surface area is 196 Å². The summed E-state index contributed by atoms with van der Waals surface area (Å²) in [5.74, 6) is 0.585. The lowest BCUT2D eigenvalue weighted by atomic mass is 10.0. The standard InChI is InChI=1S/C24H35N5O3Si/c1-23(2)19-17(20(28-27-19)26-21(31)24(12-13-24)33(3,4)5)15-29(23)22(32)25-18(11-14-30)16-9-7-6-8-10-16/h6-10,18,30H,11-15H2,1-5H3,(H,25,32)(H2,26,27,28,31). The smallest absolute Gasteiger partial charge is 0.318 e. The molecular formula is C24H35N5O3Si. The van der Waals surface area contributed by atoms with E-state index in [1.807, 2.05) is 44.2 Å². The molecule has 0 saturated heterocycles. The molecule has 1 saturated carbocycles. The molecule has 1 aromatic heterocycles. The predicted octanol–water partition coefficient (Wildman–Crippen LogP) is 4.10. The molecule has 1 aromatic carbocycles. The van der Waals surface area contributed by atoms with E-state index >= 15 is 0 Å². The minimum Gasteiger partial charge on any atom is -0.396 e. The summed E-state index contributed by atoms with van der Waals surface area (Å²) >= 11 is 0. The van der Waals surface area contributed by atoms with E-state index in [4.69, 9.17) is 0 Å². The van der Waals surface area contributed by atoms with Crippen molar-refractivity contribution >= 4 is 25.8 Å². The van der Waals surface area contributed by atoms with E-state index in [0.29, 0.717) is 18.8 Å². The largest absolute Gasteiger partial charge is 0.396 e.